The number of amides is 1. The molecule has 0 spiro atoms. The summed E-state index contributed by atoms with van der Waals surface area (Å²) in [7, 11) is -3.43. The quantitative estimate of drug-likeness (QED) is 0.659. The summed E-state index contributed by atoms with van der Waals surface area (Å²) >= 11 is 0. The Bertz CT molecular complexity index is 922. The Morgan fingerprint density at radius 3 is 2.35 bits per heavy atom. The molecule has 140 valence electrons. The highest BCUT2D eigenvalue weighted by molar-refractivity contribution is 7.88. The molecule has 0 bridgehead atoms. The fourth-order valence-electron chi connectivity index (χ4n) is 2.12. The van der Waals surface area contributed by atoms with E-state index in [2.05, 4.69) is 10.0 Å². The van der Waals surface area contributed by atoms with E-state index < -0.39 is 33.3 Å². The number of furan rings is 1. The van der Waals surface area contributed by atoms with Crippen molar-refractivity contribution in [3.05, 3.63) is 59.3 Å². The van der Waals surface area contributed by atoms with Gasteiger partial charge in [0.15, 0.2) is 11.3 Å². The zero-order valence-corrected chi connectivity index (χ0v) is 14.8. The van der Waals surface area contributed by atoms with Crippen LogP contribution in [0.2, 0.25) is 0 Å². The minimum atomic E-state index is -3.43. The van der Waals surface area contributed by atoms with Crippen molar-refractivity contribution in [1.29, 1.82) is 0 Å². The van der Waals surface area contributed by atoms with Crippen LogP contribution < -0.4 is 10.0 Å². The van der Waals surface area contributed by atoms with E-state index in [0.29, 0.717) is 0 Å². The molecule has 1 atom stereocenters. The molecule has 8 nitrogen and oxygen atoms in total. The van der Waals surface area contributed by atoms with E-state index >= 15 is 0 Å². The Kier molecular flexibility index (Phi) is 5.47. The van der Waals surface area contributed by atoms with Gasteiger partial charge in [0.1, 0.15) is 11.6 Å². The molecule has 0 saturated heterocycles. The van der Waals surface area contributed by atoms with Gasteiger partial charge < -0.3 is 14.8 Å². The monoisotopic (exact) mass is 384 g/mol. The summed E-state index contributed by atoms with van der Waals surface area (Å²) in [4.78, 5) is 24.0. The van der Waals surface area contributed by atoms with Crippen LogP contribution in [0.4, 0.5) is 4.39 Å². The second-order valence-electron chi connectivity index (χ2n) is 5.75. The lowest BCUT2D eigenvalue weighted by Gasteiger charge is -2.26. The summed E-state index contributed by atoms with van der Waals surface area (Å²) in [5.74, 6) is -2.71. The second-order valence-corrected chi connectivity index (χ2v) is 7.58. The van der Waals surface area contributed by atoms with Crippen molar-refractivity contribution >= 4 is 21.9 Å². The predicted octanol–water partition coefficient (Wildman–Crippen LogP) is 1.20. The molecule has 2 rings (SSSR count). The molecule has 0 aliphatic carbocycles. The van der Waals surface area contributed by atoms with E-state index in [1.165, 1.54) is 31.2 Å². The number of carboxylic acid groups (broad SMARTS) is 1. The van der Waals surface area contributed by atoms with Gasteiger partial charge >= 0.3 is 5.97 Å². The van der Waals surface area contributed by atoms with Crippen LogP contribution in [0.15, 0.2) is 40.8 Å². The number of halogens is 1. The molecule has 0 radical (unpaired) electrons. The van der Waals surface area contributed by atoms with Crippen LogP contribution in [-0.4, -0.2) is 31.7 Å². The van der Waals surface area contributed by atoms with Crippen LogP contribution >= 0.6 is 0 Å². The Hall–Kier alpha value is -2.72. The second kappa shape index (κ2) is 7.26. The molecule has 0 fully saturated rings. The molecule has 3 N–H and O–H groups in total. The van der Waals surface area contributed by atoms with E-state index in [1.807, 2.05) is 0 Å². The maximum Gasteiger partial charge on any atom is 0.333 e. The number of rotatable bonds is 7. The van der Waals surface area contributed by atoms with Crippen LogP contribution in [0.3, 0.4) is 0 Å². The van der Waals surface area contributed by atoms with Crippen LogP contribution in [0.1, 0.15) is 28.8 Å². The minimum Gasteiger partial charge on any atom is -0.479 e. The molecule has 0 aliphatic rings. The third kappa shape index (κ3) is 4.67. The Morgan fingerprint density at radius 1 is 1.19 bits per heavy atom. The van der Waals surface area contributed by atoms with E-state index in [-0.39, 0.29) is 23.6 Å². The molecule has 1 heterocycles. The van der Waals surface area contributed by atoms with Gasteiger partial charge in [-0.15, -0.1) is 0 Å². The van der Waals surface area contributed by atoms with E-state index in [0.717, 1.165) is 18.4 Å². The number of benzene rings is 1. The number of carboxylic acids is 1. The summed E-state index contributed by atoms with van der Waals surface area (Å²) in [6.45, 7) is 1.11. The molecular formula is C16H17FN2O6S. The highest BCUT2D eigenvalue weighted by Gasteiger charge is 2.37. The van der Waals surface area contributed by atoms with Gasteiger partial charge in [-0.05, 0) is 36.8 Å². The third-order valence-corrected chi connectivity index (χ3v) is 4.28. The van der Waals surface area contributed by atoms with E-state index in [1.54, 1.807) is 0 Å². The molecular weight excluding hydrogens is 367 g/mol. The third-order valence-electron chi connectivity index (χ3n) is 3.61. The van der Waals surface area contributed by atoms with Crippen molar-refractivity contribution < 1.29 is 31.9 Å². The smallest absolute Gasteiger partial charge is 0.333 e. The average Bonchev–Trinajstić information content (AvgIpc) is 3.01. The standard InChI is InChI=1S/C16H17FN2O6S/c1-16(15(21)22,10-3-5-11(17)6-4-10)19-14(20)13-8-7-12(25-13)9-18-26(2,23)24/h3-8,18H,9H2,1-2H3,(H,19,20)(H,21,22). The molecule has 2 aromatic rings. The summed E-state index contributed by atoms with van der Waals surface area (Å²) in [6.07, 6.45) is 0.977. The normalized spacial score (nSPS) is 13.8. The molecule has 1 unspecified atom stereocenters. The van der Waals surface area contributed by atoms with Crippen molar-refractivity contribution in [2.45, 2.75) is 19.0 Å². The van der Waals surface area contributed by atoms with Crippen molar-refractivity contribution in [2.24, 2.45) is 0 Å². The Labute approximate surface area is 149 Å². The first kappa shape index (κ1) is 19.6. The van der Waals surface area contributed by atoms with Gasteiger partial charge in [0.2, 0.25) is 10.0 Å². The highest BCUT2D eigenvalue weighted by atomic mass is 32.2. The first-order valence-corrected chi connectivity index (χ1v) is 9.26. The summed E-state index contributed by atoms with van der Waals surface area (Å²) in [5.41, 5.74) is -1.65. The average molecular weight is 384 g/mol. The van der Waals surface area contributed by atoms with E-state index in [9.17, 15) is 27.5 Å². The zero-order valence-electron chi connectivity index (χ0n) is 13.9. The predicted molar refractivity (Wildman–Crippen MR) is 89.2 cm³/mol. The number of sulfonamides is 1. The van der Waals surface area contributed by atoms with Gasteiger partial charge in [-0.2, -0.15) is 0 Å². The van der Waals surface area contributed by atoms with Crippen molar-refractivity contribution in [2.75, 3.05) is 6.26 Å². The fraction of sp³-hybridized carbons (Fsp3) is 0.250. The molecule has 1 aromatic heterocycles. The van der Waals surface area contributed by atoms with Crippen LogP contribution in [0, 0.1) is 5.82 Å². The van der Waals surface area contributed by atoms with Gasteiger partial charge in [-0.3, -0.25) is 4.79 Å². The largest absolute Gasteiger partial charge is 0.479 e. The summed E-state index contributed by atoms with van der Waals surface area (Å²) in [5, 5.41) is 11.9. The SMILES string of the molecule is CC(NC(=O)c1ccc(CNS(C)(=O)=O)o1)(C(=O)O)c1ccc(F)cc1. The molecule has 1 amide bonds. The van der Waals surface area contributed by atoms with Gasteiger partial charge in [0, 0.05) is 0 Å². The Morgan fingerprint density at radius 2 is 1.81 bits per heavy atom. The van der Waals surface area contributed by atoms with E-state index in [4.69, 9.17) is 4.42 Å². The number of aliphatic carboxylic acids is 1. The molecule has 0 saturated carbocycles. The number of carbonyl (C=O) groups is 2. The van der Waals surface area contributed by atoms with Crippen LogP contribution in [0.5, 0.6) is 0 Å². The maximum atomic E-state index is 13.1. The van der Waals surface area contributed by atoms with Crippen LogP contribution in [0.25, 0.3) is 0 Å². The van der Waals surface area contributed by atoms with Crippen molar-refractivity contribution in [3.63, 3.8) is 0 Å². The van der Waals surface area contributed by atoms with Gasteiger partial charge in [0.05, 0.1) is 12.8 Å². The Balaban J connectivity index is 2.19. The highest BCUT2D eigenvalue weighted by Crippen LogP contribution is 2.22. The first-order valence-electron chi connectivity index (χ1n) is 7.36. The molecule has 10 heteroatoms. The zero-order chi connectivity index (χ0) is 19.5. The van der Waals surface area contributed by atoms with Crippen molar-refractivity contribution in [3.8, 4) is 0 Å². The lowest BCUT2D eigenvalue weighted by Crippen LogP contribution is -2.49. The van der Waals surface area contributed by atoms with Gasteiger partial charge in [-0.25, -0.2) is 22.3 Å². The van der Waals surface area contributed by atoms with Crippen molar-refractivity contribution in [1.82, 2.24) is 10.0 Å². The topological polar surface area (TPSA) is 126 Å². The van der Waals surface area contributed by atoms with Crippen LogP contribution in [-0.2, 0) is 26.9 Å². The number of hydrogen-bond donors (Lipinski definition) is 3. The molecule has 26 heavy (non-hydrogen) atoms. The van der Waals surface area contributed by atoms with Gasteiger partial charge in [0.25, 0.3) is 5.91 Å². The first-order chi connectivity index (χ1) is 12.0. The summed E-state index contributed by atoms with van der Waals surface area (Å²) < 4.78 is 42.6. The lowest BCUT2D eigenvalue weighted by atomic mass is 9.92. The molecule has 0 aliphatic heterocycles. The number of nitrogens with one attached hydrogen (secondary N) is 2. The van der Waals surface area contributed by atoms with Gasteiger partial charge in [-0.1, -0.05) is 12.1 Å². The number of carbonyl (C=O) groups excluding carboxylic acids is 1. The summed E-state index contributed by atoms with van der Waals surface area (Å²) in [6, 6.07) is 7.38. The lowest BCUT2D eigenvalue weighted by molar-refractivity contribution is -0.144. The minimum absolute atomic E-state index is 0.153. The number of hydrogen-bond acceptors (Lipinski definition) is 5. The maximum absolute atomic E-state index is 13.1. The molecule has 1 aromatic carbocycles. The fourth-order valence-corrected chi connectivity index (χ4v) is 2.52.